The zero-order valence-electron chi connectivity index (χ0n) is 9.58. The van der Waals surface area contributed by atoms with E-state index in [0.717, 1.165) is 13.0 Å². The fourth-order valence-corrected chi connectivity index (χ4v) is 1.87. The minimum Gasteiger partial charge on any atom is -0.480 e. The zero-order chi connectivity index (χ0) is 11.3. The quantitative estimate of drug-likeness (QED) is 0.655. The maximum absolute atomic E-state index is 11.1. The Labute approximate surface area is 91.0 Å². The van der Waals surface area contributed by atoms with Gasteiger partial charge in [-0.05, 0) is 31.7 Å². The Morgan fingerprint density at radius 3 is 2.80 bits per heavy atom. The molecule has 1 aliphatic rings. The first kappa shape index (κ1) is 12.5. The molecule has 1 saturated heterocycles. The van der Waals surface area contributed by atoms with Crippen LogP contribution in [0.4, 0.5) is 0 Å². The molecule has 0 aliphatic carbocycles. The van der Waals surface area contributed by atoms with Crippen LogP contribution in [0.5, 0.6) is 0 Å². The highest BCUT2D eigenvalue weighted by Crippen LogP contribution is 2.23. The van der Waals surface area contributed by atoms with E-state index in [0.29, 0.717) is 32.0 Å². The topological polar surface area (TPSA) is 58.6 Å². The molecule has 88 valence electrons. The van der Waals surface area contributed by atoms with Crippen LogP contribution < -0.4 is 5.32 Å². The second kappa shape index (κ2) is 5.47. The number of rotatable bonds is 6. The largest absolute Gasteiger partial charge is 0.480 e. The first-order valence-corrected chi connectivity index (χ1v) is 5.63. The van der Waals surface area contributed by atoms with Gasteiger partial charge in [-0.25, -0.2) is 0 Å². The smallest absolute Gasteiger partial charge is 0.323 e. The number of carboxylic acids is 1. The lowest BCUT2D eigenvalue weighted by Crippen LogP contribution is -2.48. The minimum absolute atomic E-state index is 0.502. The van der Waals surface area contributed by atoms with Crippen molar-refractivity contribution < 1.29 is 14.6 Å². The van der Waals surface area contributed by atoms with Crippen LogP contribution in [0.3, 0.4) is 0 Å². The second-order valence-corrected chi connectivity index (χ2v) is 4.64. The van der Waals surface area contributed by atoms with E-state index in [-0.39, 0.29) is 0 Å². The molecule has 1 fully saturated rings. The highest BCUT2D eigenvalue weighted by atomic mass is 16.5. The maximum atomic E-state index is 11.1. The van der Waals surface area contributed by atoms with Gasteiger partial charge in [-0.1, -0.05) is 13.8 Å². The third-order valence-corrected chi connectivity index (χ3v) is 2.78. The first-order valence-electron chi connectivity index (χ1n) is 5.63. The molecule has 0 radical (unpaired) electrons. The van der Waals surface area contributed by atoms with Crippen molar-refractivity contribution in [2.75, 3.05) is 19.8 Å². The van der Waals surface area contributed by atoms with Crippen LogP contribution in [-0.2, 0) is 9.53 Å². The van der Waals surface area contributed by atoms with E-state index >= 15 is 0 Å². The molecule has 0 amide bonds. The second-order valence-electron chi connectivity index (χ2n) is 4.64. The molecule has 2 N–H and O–H groups in total. The number of hydrogen-bond donors (Lipinski definition) is 2. The normalized spacial score (nSPS) is 26.1. The third-order valence-electron chi connectivity index (χ3n) is 2.78. The SMILES string of the molecule is CC(C)COCCC1(C(=O)O)CCCN1. The molecule has 1 atom stereocenters. The van der Waals surface area contributed by atoms with Gasteiger partial charge in [0, 0.05) is 13.2 Å². The summed E-state index contributed by atoms with van der Waals surface area (Å²) in [6.07, 6.45) is 2.22. The van der Waals surface area contributed by atoms with Crippen LogP contribution in [0.15, 0.2) is 0 Å². The summed E-state index contributed by atoms with van der Waals surface area (Å²) in [6.45, 7) is 6.20. The molecule has 0 spiro atoms. The molecule has 0 bridgehead atoms. The summed E-state index contributed by atoms with van der Waals surface area (Å²) in [5, 5.41) is 12.2. The van der Waals surface area contributed by atoms with Crippen LogP contribution >= 0.6 is 0 Å². The number of hydrogen-bond acceptors (Lipinski definition) is 3. The molecule has 1 heterocycles. The highest BCUT2D eigenvalue weighted by molar-refractivity contribution is 5.79. The Morgan fingerprint density at radius 2 is 2.33 bits per heavy atom. The Morgan fingerprint density at radius 1 is 1.60 bits per heavy atom. The summed E-state index contributed by atoms with van der Waals surface area (Å²) < 4.78 is 5.43. The van der Waals surface area contributed by atoms with Gasteiger partial charge in [0.2, 0.25) is 0 Å². The summed E-state index contributed by atoms with van der Waals surface area (Å²) in [5.74, 6) is -0.240. The fraction of sp³-hybridized carbons (Fsp3) is 0.909. The highest BCUT2D eigenvalue weighted by Gasteiger charge is 2.40. The summed E-state index contributed by atoms with van der Waals surface area (Å²) in [5.41, 5.74) is -0.725. The standard InChI is InChI=1S/C11H21NO3/c1-9(2)8-15-7-5-11(10(13)14)4-3-6-12-11/h9,12H,3-8H2,1-2H3,(H,13,14). The number of carbonyl (C=O) groups is 1. The number of ether oxygens (including phenoxy) is 1. The van der Waals surface area contributed by atoms with E-state index in [2.05, 4.69) is 19.2 Å². The predicted octanol–water partition coefficient (Wildman–Crippen LogP) is 1.26. The van der Waals surface area contributed by atoms with Crippen molar-refractivity contribution in [3.63, 3.8) is 0 Å². The summed E-state index contributed by atoms with van der Waals surface area (Å²) in [4.78, 5) is 11.1. The molecule has 1 aliphatic heterocycles. The van der Waals surface area contributed by atoms with E-state index < -0.39 is 11.5 Å². The number of nitrogens with one attached hydrogen (secondary N) is 1. The van der Waals surface area contributed by atoms with E-state index in [1.54, 1.807) is 0 Å². The Kier molecular flexibility index (Phi) is 4.54. The maximum Gasteiger partial charge on any atom is 0.323 e. The molecule has 0 saturated carbocycles. The summed E-state index contributed by atoms with van der Waals surface area (Å²) in [7, 11) is 0. The molecule has 15 heavy (non-hydrogen) atoms. The van der Waals surface area contributed by atoms with Gasteiger partial charge in [0.1, 0.15) is 5.54 Å². The summed E-state index contributed by atoms with van der Waals surface area (Å²) >= 11 is 0. The monoisotopic (exact) mass is 215 g/mol. The molecule has 0 aromatic carbocycles. The molecule has 0 aromatic rings. The van der Waals surface area contributed by atoms with Gasteiger partial charge in [-0.3, -0.25) is 4.79 Å². The number of carboxylic acid groups (broad SMARTS) is 1. The minimum atomic E-state index is -0.742. The van der Waals surface area contributed by atoms with Crippen LogP contribution in [0.1, 0.15) is 33.1 Å². The molecular weight excluding hydrogens is 194 g/mol. The van der Waals surface area contributed by atoms with Gasteiger partial charge in [0.05, 0.1) is 0 Å². The average molecular weight is 215 g/mol. The van der Waals surface area contributed by atoms with Crippen LogP contribution in [0, 0.1) is 5.92 Å². The van der Waals surface area contributed by atoms with Gasteiger partial charge >= 0.3 is 5.97 Å². The third kappa shape index (κ3) is 3.47. The molecule has 1 unspecified atom stereocenters. The van der Waals surface area contributed by atoms with E-state index in [1.165, 1.54) is 0 Å². The van der Waals surface area contributed by atoms with E-state index in [1.807, 2.05) is 0 Å². The lowest BCUT2D eigenvalue weighted by atomic mass is 9.94. The van der Waals surface area contributed by atoms with Crippen molar-refractivity contribution in [3.05, 3.63) is 0 Å². The average Bonchev–Trinajstić information content (AvgIpc) is 2.62. The van der Waals surface area contributed by atoms with Crippen molar-refractivity contribution in [1.82, 2.24) is 5.32 Å². The first-order chi connectivity index (χ1) is 7.07. The van der Waals surface area contributed by atoms with Crippen molar-refractivity contribution in [2.45, 2.75) is 38.6 Å². The predicted molar refractivity (Wildman–Crippen MR) is 57.9 cm³/mol. The molecule has 0 aromatic heterocycles. The summed E-state index contributed by atoms with van der Waals surface area (Å²) in [6, 6.07) is 0. The van der Waals surface area contributed by atoms with Gasteiger partial charge in [0.25, 0.3) is 0 Å². The van der Waals surface area contributed by atoms with Crippen LogP contribution in [0.2, 0.25) is 0 Å². The Balaban J connectivity index is 2.30. The van der Waals surface area contributed by atoms with Crippen LogP contribution in [-0.4, -0.2) is 36.4 Å². The Bertz CT molecular complexity index is 210. The van der Waals surface area contributed by atoms with Gasteiger partial charge in [0.15, 0.2) is 0 Å². The van der Waals surface area contributed by atoms with Gasteiger partial charge in [-0.15, -0.1) is 0 Å². The van der Waals surface area contributed by atoms with Crippen molar-refractivity contribution in [2.24, 2.45) is 5.92 Å². The number of aliphatic carboxylic acids is 1. The van der Waals surface area contributed by atoms with E-state index in [9.17, 15) is 4.79 Å². The molecule has 4 heteroatoms. The van der Waals surface area contributed by atoms with Crippen LogP contribution in [0.25, 0.3) is 0 Å². The zero-order valence-corrected chi connectivity index (χ0v) is 9.58. The lowest BCUT2D eigenvalue weighted by Gasteiger charge is -2.24. The van der Waals surface area contributed by atoms with Crippen molar-refractivity contribution in [1.29, 1.82) is 0 Å². The van der Waals surface area contributed by atoms with Gasteiger partial charge in [-0.2, -0.15) is 0 Å². The van der Waals surface area contributed by atoms with Crippen molar-refractivity contribution in [3.8, 4) is 0 Å². The molecular formula is C11H21NO3. The van der Waals surface area contributed by atoms with Gasteiger partial charge < -0.3 is 15.2 Å². The van der Waals surface area contributed by atoms with Crippen molar-refractivity contribution >= 4 is 5.97 Å². The fourth-order valence-electron chi connectivity index (χ4n) is 1.87. The molecule has 1 rings (SSSR count). The Hall–Kier alpha value is -0.610. The van der Waals surface area contributed by atoms with E-state index in [4.69, 9.17) is 9.84 Å². The molecule has 4 nitrogen and oxygen atoms in total. The lowest BCUT2D eigenvalue weighted by molar-refractivity contribution is -0.145.